The van der Waals surface area contributed by atoms with Gasteiger partial charge >= 0.3 is 6.09 Å². The Labute approximate surface area is 233 Å². The summed E-state index contributed by atoms with van der Waals surface area (Å²) in [5.41, 5.74) is 8.00. The Morgan fingerprint density at radius 1 is 1.18 bits per heavy atom. The van der Waals surface area contributed by atoms with Crippen molar-refractivity contribution in [3.05, 3.63) is 57.4 Å². The monoisotopic (exact) mass is 551 g/mol. The lowest BCUT2D eigenvalue weighted by Gasteiger charge is -2.36. The number of nitrogens with one attached hydrogen (secondary N) is 1. The van der Waals surface area contributed by atoms with Crippen molar-refractivity contribution in [3.8, 4) is 0 Å². The van der Waals surface area contributed by atoms with Crippen LogP contribution < -0.4 is 5.32 Å². The summed E-state index contributed by atoms with van der Waals surface area (Å²) in [7, 11) is -1.64. The number of hydrogen-bond donors (Lipinski definition) is 1. The minimum atomic E-state index is -1.64. The van der Waals surface area contributed by atoms with Gasteiger partial charge in [-0.2, -0.15) is 0 Å². The fourth-order valence-corrected chi connectivity index (χ4v) is 8.65. The number of ether oxygens (including phenoxy) is 1. The van der Waals surface area contributed by atoms with Gasteiger partial charge in [-0.1, -0.05) is 50.7 Å². The number of H-pyrrole nitrogens is 1. The van der Waals surface area contributed by atoms with Gasteiger partial charge in [-0.05, 0) is 85.8 Å². The number of amides is 1. The molecular weight excluding hydrogens is 510 g/mol. The molecule has 1 fully saturated rings. The minimum Gasteiger partial charge on any atom is -0.450 e. The predicted octanol–water partition coefficient (Wildman–Crippen LogP) is 7.20. The standard InChI is InChI=1S/C31H42ClN3O2Si/c1-6-8-11-23-27-25-22(19-24(32)29(27)34-30(23)38(3,4)5)13-12-21-10-9-16-33-28(21)26(25)20-14-17-35(18-15-20)31(36)37-7-2/h9-10,16,19-20,26,34H,6-8,11-15,17-18H2,1-5H3. The van der Waals surface area contributed by atoms with E-state index in [0.29, 0.717) is 12.5 Å². The molecule has 2 aliphatic rings. The zero-order chi connectivity index (χ0) is 27.0. The molecule has 5 nitrogen and oxygen atoms in total. The average Bonchev–Trinajstić information content (AvgIpc) is 3.21. The maximum atomic E-state index is 12.5. The minimum absolute atomic E-state index is 0.188. The summed E-state index contributed by atoms with van der Waals surface area (Å²) in [4.78, 5) is 23.3. The normalized spacial score (nSPS) is 18.3. The Kier molecular flexibility index (Phi) is 7.93. The van der Waals surface area contributed by atoms with Crippen LogP contribution in [0.3, 0.4) is 0 Å². The highest BCUT2D eigenvalue weighted by atomic mass is 35.5. The van der Waals surface area contributed by atoms with Gasteiger partial charge in [-0.3, -0.25) is 4.98 Å². The van der Waals surface area contributed by atoms with Crippen LogP contribution in [-0.2, 0) is 24.0 Å². The number of pyridine rings is 1. The number of aromatic nitrogens is 2. The van der Waals surface area contributed by atoms with Crippen LogP contribution in [0.25, 0.3) is 10.9 Å². The van der Waals surface area contributed by atoms with E-state index < -0.39 is 8.07 Å². The fourth-order valence-electron chi connectivity index (χ4n) is 6.72. The Hall–Kier alpha value is -2.31. The molecule has 0 bridgehead atoms. The summed E-state index contributed by atoms with van der Waals surface area (Å²) in [6.07, 6.45) is 9.02. The molecule has 1 aromatic carbocycles. The third kappa shape index (κ3) is 5.02. The lowest BCUT2D eigenvalue weighted by molar-refractivity contribution is 0.0900. The van der Waals surface area contributed by atoms with Crippen molar-refractivity contribution in [2.45, 2.75) is 84.4 Å². The van der Waals surface area contributed by atoms with Crippen molar-refractivity contribution < 1.29 is 9.53 Å². The molecule has 1 atom stereocenters. The molecule has 3 heterocycles. The molecule has 1 unspecified atom stereocenters. The van der Waals surface area contributed by atoms with Gasteiger partial charge in [0.15, 0.2) is 0 Å². The maximum absolute atomic E-state index is 12.5. The second-order valence-corrected chi connectivity index (χ2v) is 17.5. The predicted molar refractivity (Wildman–Crippen MR) is 160 cm³/mol. The summed E-state index contributed by atoms with van der Waals surface area (Å²) >= 11 is 7.06. The molecule has 7 heteroatoms. The lowest BCUT2D eigenvalue weighted by Crippen LogP contribution is -2.41. The van der Waals surface area contributed by atoms with Crippen LogP contribution in [0.4, 0.5) is 4.79 Å². The SMILES string of the molecule is CCCCc1c([Si](C)(C)C)[nH]c2c(Cl)cc3c(c12)C(C1CCN(C(=O)OCC)CC1)c1ncccc1CC3. The molecule has 38 heavy (non-hydrogen) atoms. The lowest BCUT2D eigenvalue weighted by atomic mass is 9.75. The second-order valence-electron chi connectivity index (χ2n) is 12.1. The van der Waals surface area contributed by atoms with Crippen molar-refractivity contribution in [2.24, 2.45) is 5.92 Å². The molecule has 1 N–H and O–H groups in total. The van der Waals surface area contributed by atoms with Crippen molar-refractivity contribution >= 4 is 42.0 Å². The van der Waals surface area contributed by atoms with Crippen LogP contribution in [-0.4, -0.2) is 48.7 Å². The van der Waals surface area contributed by atoms with E-state index in [4.69, 9.17) is 21.3 Å². The van der Waals surface area contributed by atoms with Crippen molar-refractivity contribution in [1.82, 2.24) is 14.9 Å². The number of aryl methyl sites for hydroxylation is 3. The molecular formula is C31H42ClN3O2Si. The third-order valence-electron chi connectivity index (χ3n) is 8.52. The van der Waals surface area contributed by atoms with Gasteiger partial charge in [0.05, 0.1) is 30.9 Å². The summed E-state index contributed by atoms with van der Waals surface area (Å²) in [6, 6.07) is 6.57. The van der Waals surface area contributed by atoms with Crippen LogP contribution in [0.5, 0.6) is 0 Å². The van der Waals surface area contributed by atoms with Crippen molar-refractivity contribution in [2.75, 3.05) is 19.7 Å². The van der Waals surface area contributed by atoms with Crippen molar-refractivity contribution in [1.29, 1.82) is 0 Å². The van der Waals surface area contributed by atoms with Crippen LogP contribution in [0.2, 0.25) is 24.7 Å². The number of rotatable bonds is 6. The summed E-state index contributed by atoms with van der Waals surface area (Å²) in [5, 5.41) is 3.66. The number of carbonyl (C=O) groups excluding carboxylic acids is 1. The Balaban J connectivity index is 1.70. The number of piperidine rings is 1. The van der Waals surface area contributed by atoms with E-state index in [2.05, 4.69) is 49.7 Å². The first-order chi connectivity index (χ1) is 18.2. The molecule has 0 saturated carbocycles. The molecule has 1 saturated heterocycles. The number of halogens is 1. The Morgan fingerprint density at radius 3 is 2.61 bits per heavy atom. The van der Waals surface area contributed by atoms with E-state index in [9.17, 15) is 4.79 Å². The van der Waals surface area contributed by atoms with Crippen molar-refractivity contribution in [3.63, 3.8) is 0 Å². The first-order valence-electron chi connectivity index (χ1n) is 14.5. The number of aromatic amines is 1. The Bertz CT molecular complexity index is 1320. The smallest absolute Gasteiger partial charge is 0.409 e. The van der Waals surface area contributed by atoms with E-state index >= 15 is 0 Å². The molecule has 2 aromatic heterocycles. The highest BCUT2D eigenvalue weighted by Gasteiger charge is 2.38. The van der Waals surface area contributed by atoms with Gasteiger partial charge in [-0.15, -0.1) is 0 Å². The van der Waals surface area contributed by atoms with Crippen LogP contribution >= 0.6 is 11.6 Å². The van der Waals surface area contributed by atoms with E-state index in [1.165, 1.54) is 51.5 Å². The maximum Gasteiger partial charge on any atom is 0.409 e. The molecule has 0 spiro atoms. The highest BCUT2D eigenvalue weighted by Crippen LogP contribution is 2.47. The van der Waals surface area contributed by atoms with Gasteiger partial charge in [0.25, 0.3) is 0 Å². The first kappa shape index (κ1) is 27.3. The zero-order valence-corrected chi connectivity index (χ0v) is 25.4. The van der Waals surface area contributed by atoms with E-state index in [1.54, 1.807) is 0 Å². The van der Waals surface area contributed by atoms with Gasteiger partial charge in [0.2, 0.25) is 0 Å². The quantitative estimate of drug-likeness (QED) is 0.329. The molecule has 0 radical (unpaired) electrons. The number of benzene rings is 1. The van der Waals surface area contributed by atoms with E-state index in [1.807, 2.05) is 18.0 Å². The van der Waals surface area contributed by atoms with E-state index in [0.717, 1.165) is 55.7 Å². The number of likely N-dealkylation sites (tertiary alicyclic amines) is 1. The number of unbranched alkanes of at least 4 members (excludes halogenated alkanes) is 1. The topological polar surface area (TPSA) is 58.2 Å². The summed E-state index contributed by atoms with van der Waals surface area (Å²) in [6.45, 7) is 13.3. The number of carbonyl (C=O) groups is 1. The largest absolute Gasteiger partial charge is 0.450 e. The molecule has 204 valence electrons. The van der Waals surface area contributed by atoms with Crippen LogP contribution in [0.1, 0.15) is 73.4 Å². The molecule has 3 aromatic rings. The van der Waals surface area contributed by atoms with Crippen LogP contribution in [0, 0.1) is 5.92 Å². The van der Waals surface area contributed by atoms with Crippen LogP contribution in [0.15, 0.2) is 24.4 Å². The van der Waals surface area contributed by atoms with E-state index in [-0.39, 0.29) is 12.0 Å². The molecule has 1 amide bonds. The first-order valence-corrected chi connectivity index (χ1v) is 18.3. The number of fused-ring (bicyclic) bond motifs is 4. The van der Waals surface area contributed by atoms with Gasteiger partial charge in [0.1, 0.15) is 0 Å². The second kappa shape index (κ2) is 11.0. The molecule has 1 aliphatic carbocycles. The average molecular weight is 552 g/mol. The zero-order valence-electron chi connectivity index (χ0n) is 23.6. The third-order valence-corrected chi connectivity index (χ3v) is 10.7. The molecule has 5 rings (SSSR count). The molecule has 1 aliphatic heterocycles. The van der Waals surface area contributed by atoms with Gasteiger partial charge < -0.3 is 14.6 Å². The van der Waals surface area contributed by atoms with Gasteiger partial charge in [-0.25, -0.2) is 4.79 Å². The highest BCUT2D eigenvalue weighted by molar-refractivity contribution is 6.88. The number of hydrogen-bond acceptors (Lipinski definition) is 3. The number of nitrogens with zero attached hydrogens (tertiary/aromatic N) is 2. The fraction of sp³-hybridized carbons (Fsp3) is 0.548. The summed E-state index contributed by atoms with van der Waals surface area (Å²) < 4.78 is 5.31. The van der Waals surface area contributed by atoms with Gasteiger partial charge in [0, 0.05) is 35.9 Å². The Morgan fingerprint density at radius 2 is 1.92 bits per heavy atom. The summed E-state index contributed by atoms with van der Waals surface area (Å²) in [5.74, 6) is 0.596.